The van der Waals surface area contributed by atoms with Crippen LogP contribution in [0.1, 0.15) is 11.4 Å². The molecule has 4 aromatic rings. The number of hydrogen-bond donors (Lipinski definition) is 0. The number of nitrogens with zero attached hydrogens (tertiary/aromatic N) is 3. The van der Waals surface area contributed by atoms with Crippen LogP contribution in [0.2, 0.25) is 0 Å². The highest BCUT2D eigenvalue weighted by atomic mass is 16.5. The van der Waals surface area contributed by atoms with Crippen molar-refractivity contribution in [3.8, 4) is 11.6 Å². The normalized spacial score (nSPS) is 11.2. The molecule has 0 aliphatic heterocycles. The fourth-order valence-electron chi connectivity index (χ4n) is 2.80. The lowest BCUT2D eigenvalue weighted by Crippen LogP contribution is -1.99. The monoisotopic (exact) mass is 327 g/mol. The van der Waals surface area contributed by atoms with Gasteiger partial charge in [-0.25, -0.2) is 9.97 Å². The number of fused-ring (bicyclic) bond motifs is 1. The van der Waals surface area contributed by atoms with Crippen LogP contribution in [0, 0.1) is 0 Å². The largest absolute Gasteiger partial charge is 0.497 e. The van der Waals surface area contributed by atoms with Crippen LogP contribution in [0.5, 0.6) is 5.75 Å². The van der Waals surface area contributed by atoms with Gasteiger partial charge in [0.2, 0.25) is 0 Å². The summed E-state index contributed by atoms with van der Waals surface area (Å²) >= 11 is 0. The number of pyridine rings is 1. The summed E-state index contributed by atoms with van der Waals surface area (Å²) in [4.78, 5) is 9.24. The van der Waals surface area contributed by atoms with Gasteiger partial charge in [0.05, 0.1) is 18.1 Å². The number of aromatic nitrogens is 3. The average Bonchev–Trinajstić information content (AvgIpc) is 3.05. The van der Waals surface area contributed by atoms with E-state index in [0.717, 1.165) is 34.0 Å². The molecule has 0 fully saturated rings. The van der Waals surface area contributed by atoms with E-state index in [0.29, 0.717) is 0 Å². The van der Waals surface area contributed by atoms with E-state index in [9.17, 15) is 0 Å². The first-order valence-corrected chi connectivity index (χ1v) is 8.06. The van der Waals surface area contributed by atoms with Gasteiger partial charge in [0.25, 0.3) is 0 Å². The Hall–Kier alpha value is -3.40. The Balaban J connectivity index is 1.82. The standard InChI is InChI=1S/C21H17N3O/c1-25-17-8-6-7-16(15-17)12-13-21-23-18-9-2-3-10-19(18)24(21)20-11-4-5-14-22-20/h2-15H,1H3. The van der Waals surface area contributed by atoms with Crippen LogP contribution in [-0.4, -0.2) is 21.6 Å². The maximum Gasteiger partial charge on any atom is 0.139 e. The van der Waals surface area contributed by atoms with Gasteiger partial charge in [-0.05, 0) is 48.0 Å². The molecular weight excluding hydrogens is 310 g/mol. The number of rotatable bonds is 4. The molecule has 2 aromatic heterocycles. The molecule has 0 unspecified atom stereocenters. The highest BCUT2D eigenvalue weighted by Crippen LogP contribution is 2.22. The first-order chi connectivity index (χ1) is 12.3. The van der Waals surface area contributed by atoms with Gasteiger partial charge in [0.1, 0.15) is 17.4 Å². The van der Waals surface area contributed by atoms with Crippen LogP contribution in [0.3, 0.4) is 0 Å². The summed E-state index contributed by atoms with van der Waals surface area (Å²) in [6, 6.07) is 21.9. The van der Waals surface area contributed by atoms with Gasteiger partial charge < -0.3 is 4.74 Å². The third-order valence-corrected chi connectivity index (χ3v) is 3.98. The number of benzene rings is 2. The van der Waals surface area contributed by atoms with E-state index in [2.05, 4.69) is 15.6 Å². The molecule has 4 nitrogen and oxygen atoms in total. The predicted molar refractivity (Wildman–Crippen MR) is 101 cm³/mol. The number of para-hydroxylation sites is 2. The molecule has 0 aliphatic rings. The molecule has 2 aromatic carbocycles. The number of ether oxygens (including phenoxy) is 1. The summed E-state index contributed by atoms with van der Waals surface area (Å²) in [5.74, 6) is 2.52. The van der Waals surface area contributed by atoms with E-state index in [1.807, 2.05) is 72.8 Å². The van der Waals surface area contributed by atoms with E-state index in [1.54, 1.807) is 13.3 Å². The summed E-state index contributed by atoms with van der Waals surface area (Å²) in [7, 11) is 1.67. The van der Waals surface area contributed by atoms with Crippen molar-refractivity contribution in [3.05, 3.63) is 84.3 Å². The topological polar surface area (TPSA) is 39.9 Å². The van der Waals surface area contributed by atoms with Crippen LogP contribution in [0.15, 0.2) is 72.9 Å². The molecule has 2 heterocycles. The fourth-order valence-corrected chi connectivity index (χ4v) is 2.80. The molecule has 0 N–H and O–H groups in total. The third-order valence-electron chi connectivity index (χ3n) is 3.98. The van der Waals surface area contributed by atoms with Gasteiger partial charge in [-0.15, -0.1) is 0 Å². The van der Waals surface area contributed by atoms with E-state index in [-0.39, 0.29) is 0 Å². The number of imidazole rings is 1. The lowest BCUT2D eigenvalue weighted by molar-refractivity contribution is 0.414. The van der Waals surface area contributed by atoms with Gasteiger partial charge in [0.15, 0.2) is 0 Å². The van der Waals surface area contributed by atoms with Crippen molar-refractivity contribution in [2.45, 2.75) is 0 Å². The molecule has 0 saturated carbocycles. The quantitative estimate of drug-likeness (QED) is 0.550. The molecule has 0 bridgehead atoms. The highest BCUT2D eigenvalue weighted by molar-refractivity contribution is 5.81. The summed E-state index contributed by atoms with van der Waals surface area (Å²) in [6.07, 6.45) is 5.83. The van der Waals surface area contributed by atoms with Crippen molar-refractivity contribution < 1.29 is 4.74 Å². The van der Waals surface area contributed by atoms with Crippen molar-refractivity contribution in [3.63, 3.8) is 0 Å². The van der Waals surface area contributed by atoms with Crippen LogP contribution >= 0.6 is 0 Å². The Morgan fingerprint density at radius 3 is 2.64 bits per heavy atom. The van der Waals surface area contributed by atoms with E-state index in [4.69, 9.17) is 9.72 Å². The Labute approximate surface area is 146 Å². The molecule has 4 rings (SSSR count). The van der Waals surface area contributed by atoms with E-state index < -0.39 is 0 Å². The van der Waals surface area contributed by atoms with Crippen molar-refractivity contribution >= 4 is 23.2 Å². The molecule has 0 atom stereocenters. The van der Waals surface area contributed by atoms with Crippen molar-refractivity contribution in [1.29, 1.82) is 0 Å². The second-order valence-electron chi connectivity index (χ2n) is 5.59. The third kappa shape index (κ3) is 3.02. The molecule has 4 heteroatoms. The first kappa shape index (κ1) is 15.1. The lowest BCUT2D eigenvalue weighted by atomic mass is 10.2. The SMILES string of the molecule is COc1cccc(C=Cc2nc3ccccc3n2-c2ccccn2)c1. The Morgan fingerprint density at radius 2 is 1.80 bits per heavy atom. The highest BCUT2D eigenvalue weighted by Gasteiger charge is 2.10. The zero-order valence-electron chi connectivity index (χ0n) is 13.8. The van der Waals surface area contributed by atoms with Crippen molar-refractivity contribution in [2.75, 3.05) is 7.11 Å². The number of methoxy groups -OCH3 is 1. The summed E-state index contributed by atoms with van der Waals surface area (Å²) in [5, 5.41) is 0. The van der Waals surface area contributed by atoms with Gasteiger partial charge in [-0.2, -0.15) is 0 Å². The Kier molecular flexibility index (Phi) is 4.01. The van der Waals surface area contributed by atoms with Crippen molar-refractivity contribution in [2.24, 2.45) is 0 Å². The van der Waals surface area contributed by atoms with Gasteiger partial charge in [0, 0.05) is 6.20 Å². The molecule has 0 amide bonds. The molecule has 0 saturated heterocycles. The second-order valence-corrected chi connectivity index (χ2v) is 5.59. The van der Waals surface area contributed by atoms with Gasteiger partial charge in [-0.1, -0.05) is 36.4 Å². The van der Waals surface area contributed by atoms with E-state index in [1.165, 1.54) is 0 Å². The minimum atomic E-state index is 0.834. The van der Waals surface area contributed by atoms with Gasteiger partial charge >= 0.3 is 0 Å². The Bertz CT molecular complexity index is 1040. The Morgan fingerprint density at radius 1 is 0.920 bits per heavy atom. The van der Waals surface area contributed by atoms with Crippen molar-refractivity contribution in [1.82, 2.24) is 14.5 Å². The summed E-state index contributed by atoms with van der Waals surface area (Å²) in [6.45, 7) is 0. The molecule has 122 valence electrons. The maximum atomic E-state index is 5.28. The van der Waals surface area contributed by atoms with E-state index >= 15 is 0 Å². The smallest absolute Gasteiger partial charge is 0.139 e. The second kappa shape index (κ2) is 6.61. The first-order valence-electron chi connectivity index (χ1n) is 8.06. The zero-order valence-corrected chi connectivity index (χ0v) is 13.8. The van der Waals surface area contributed by atoms with Crippen LogP contribution in [-0.2, 0) is 0 Å². The molecular formula is C21H17N3O. The molecule has 0 spiro atoms. The zero-order chi connectivity index (χ0) is 17.1. The van der Waals surface area contributed by atoms with Crippen LogP contribution in [0.25, 0.3) is 29.0 Å². The summed E-state index contributed by atoms with van der Waals surface area (Å²) < 4.78 is 7.34. The predicted octanol–water partition coefficient (Wildman–Crippen LogP) is 4.60. The summed E-state index contributed by atoms with van der Waals surface area (Å²) in [5.41, 5.74) is 3.03. The fraction of sp³-hybridized carbons (Fsp3) is 0.0476. The maximum absolute atomic E-state index is 5.28. The average molecular weight is 327 g/mol. The minimum Gasteiger partial charge on any atom is -0.497 e. The minimum absolute atomic E-state index is 0.834. The van der Waals surface area contributed by atoms with Gasteiger partial charge in [-0.3, -0.25) is 4.57 Å². The molecule has 0 radical (unpaired) electrons. The molecule has 0 aliphatic carbocycles. The van der Waals surface area contributed by atoms with Crippen LogP contribution < -0.4 is 4.74 Å². The number of hydrogen-bond acceptors (Lipinski definition) is 3. The lowest BCUT2D eigenvalue weighted by Gasteiger charge is -2.05. The molecule has 25 heavy (non-hydrogen) atoms. The van der Waals surface area contributed by atoms with Crippen LogP contribution in [0.4, 0.5) is 0 Å².